The second kappa shape index (κ2) is 6.30. The van der Waals surface area contributed by atoms with Crippen LogP contribution in [-0.4, -0.2) is 29.2 Å². The van der Waals surface area contributed by atoms with Crippen LogP contribution < -0.4 is 10.2 Å². The highest BCUT2D eigenvalue weighted by Crippen LogP contribution is 2.33. The number of nitrogens with one attached hydrogen (secondary N) is 1. The molecule has 1 aromatic heterocycles. The first-order valence-electron chi connectivity index (χ1n) is 7.10. The Bertz CT molecular complexity index is 745. The molecule has 1 aliphatic rings. The van der Waals surface area contributed by atoms with Gasteiger partial charge in [0.15, 0.2) is 6.20 Å². The molecule has 3 rings (SSSR count). The summed E-state index contributed by atoms with van der Waals surface area (Å²) in [7, 11) is 0. The Morgan fingerprint density at radius 1 is 1.35 bits per heavy atom. The SMILES string of the molecule is CCOC1=NCN(c2ccc([N+](=O)[O-])nc2)c2ccccc2N1. The number of aromatic nitrogens is 1. The van der Waals surface area contributed by atoms with E-state index in [4.69, 9.17) is 4.74 Å². The zero-order valence-electron chi connectivity index (χ0n) is 12.5. The molecule has 0 fully saturated rings. The van der Waals surface area contributed by atoms with E-state index in [0.717, 1.165) is 11.4 Å². The van der Waals surface area contributed by atoms with Crippen molar-refractivity contribution in [1.29, 1.82) is 0 Å². The Morgan fingerprint density at radius 3 is 2.87 bits per heavy atom. The molecule has 0 unspecified atom stereocenters. The van der Waals surface area contributed by atoms with E-state index in [-0.39, 0.29) is 5.82 Å². The van der Waals surface area contributed by atoms with Gasteiger partial charge < -0.3 is 25.1 Å². The minimum Gasteiger partial charge on any atom is -0.465 e. The molecule has 0 saturated carbocycles. The van der Waals surface area contributed by atoms with Crippen molar-refractivity contribution in [1.82, 2.24) is 4.98 Å². The van der Waals surface area contributed by atoms with Crippen LogP contribution >= 0.6 is 0 Å². The molecule has 8 nitrogen and oxygen atoms in total. The van der Waals surface area contributed by atoms with Crippen molar-refractivity contribution in [3.05, 3.63) is 52.7 Å². The van der Waals surface area contributed by atoms with Crippen molar-refractivity contribution in [2.45, 2.75) is 6.92 Å². The molecule has 1 aliphatic heterocycles. The molecular weight excluding hydrogens is 298 g/mol. The Balaban J connectivity index is 1.99. The number of amidine groups is 1. The van der Waals surface area contributed by atoms with E-state index in [1.54, 1.807) is 6.07 Å². The van der Waals surface area contributed by atoms with Crippen LogP contribution in [0.4, 0.5) is 22.9 Å². The maximum absolute atomic E-state index is 10.7. The Morgan fingerprint density at radius 2 is 2.17 bits per heavy atom. The molecule has 2 heterocycles. The number of ether oxygens (including phenoxy) is 1. The zero-order chi connectivity index (χ0) is 16.2. The summed E-state index contributed by atoms with van der Waals surface area (Å²) >= 11 is 0. The van der Waals surface area contributed by atoms with E-state index >= 15 is 0 Å². The number of fused-ring (bicyclic) bond motifs is 1. The lowest BCUT2D eigenvalue weighted by Gasteiger charge is -2.21. The number of pyridine rings is 1. The van der Waals surface area contributed by atoms with E-state index in [1.807, 2.05) is 36.1 Å². The van der Waals surface area contributed by atoms with Crippen LogP contribution in [0.25, 0.3) is 0 Å². The lowest BCUT2D eigenvalue weighted by molar-refractivity contribution is -0.389. The second-order valence-corrected chi connectivity index (χ2v) is 4.74. The van der Waals surface area contributed by atoms with Crippen molar-refractivity contribution in [3.63, 3.8) is 0 Å². The molecule has 0 radical (unpaired) electrons. The molecule has 118 valence electrons. The minimum absolute atomic E-state index is 0.187. The number of hydrogen-bond acceptors (Lipinski definition) is 7. The lowest BCUT2D eigenvalue weighted by Crippen LogP contribution is -2.17. The van der Waals surface area contributed by atoms with Crippen LogP contribution in [0.2, 0.25) is 0 Å². The molecule has 0 spiro atoms. The Hall–Kier alpha value is -3.16. The van der Waals surface area contributed by atoms with E-state index < -0.39 is 4.92 Å². The number of para-hydroxylation sites is 2. The average Bonchev–Trinajstić information content (AvgIpc) is 2.74. The maximum Gasteiger partial charge on any atom is 0.363 e. The number of nitrogens with zero attached hydrogens (tertiary/aromatic N) is 4. The van der Waals surface area contributed by atoms with Crippen LogP contribution in [-0.2, 0) is 4.74 Å². The van der Waals surface area contributed by atoms with Crippen molar-refractivity contribution in [2.24, 2.45) is 4.99 Å². The van der Waals surface area contributed by atoms with E-state index in [9.17, 15) is 10.1 Å². The van der Waals surface area contributed by atoms with Gasteiger partial charge in [-0.05, 0) is 35.0 Å². The molecule has 1 N–H and O–H groups in total. The largest absolute Gasteiger partial charge is 0.465 e. The zero-order valence-corrected chi connectivity index (χ0v) is 12.5. The van der Waals surface area contributed by atoms with Gasteiger partial charge in [0, 0.05) is 6.07 Å². The highest BCUT2D eigenvalue weighted by Gasteiger charge is 2.20. The molecule has 0 aliphatic carbocycles. The van der Waals surface area contributed by atoms with Gasteiger partial charge in [-0.3, -0.25) is 0 Å². The summed E-state index contributed by atoms with van der Waals surface area (Å²) in [6.45, 7) is 2.71. The number of aliphatic imine (C=N–C) groups is 1. The normalized spacial score (nSPS) is 13.4. The summed E-state index contributed by atoms with van der Waals surface area (Å²) in [5.74, 6) is -0.187. The van der Waals surface area contributed by atoms with Gasteiger partial charge >= 0.3 is 5.82 Å². The molecule has 0 amide bonds. The molecule has 8 heteroatoms. The predicted octanol–water partition coefficient (Wildman–Crippen LogP) is 2.90. The van der Waals surface area contributed by atoms with E-state index in [0.29, 0.717) is 25.0 Å². The highest BCUT2D eigenvalue weighted by molar-refractivity contribution is 5.95. The third-order valence-corrected chi connectivity index (χ3v) is 3.30. The average molecular weight is 313 g/mol. The monoisotopic (exact) mass is 313 g/mol. The van der Waals surface area contributed by atoms with Gasteiger partial charge in [0.1, 0.15) is 6.67 Å². The fourth-order valence-corrected chi connectivity index (χ4v) is 2.27. The van der Waals surface area contributed by atoms with Gasteiger partial charge in [0.25, 0.3) is 6.02 Å². The van der Waals surface area contributed by atoms with Crippen LogP contribution in [0.5, 0.6) is 0 Å². The van der Waals surface area contributed by atoms with Crippen LogP contribution in [0.1, 0.15) is 6.92 Å². The molecule has 0 saturated heterocycles. The third kappa shape index (κ3) is 3.05. The van der Waals surface area contributed by atoms with Gasteiger partial charge in [0.05, 0.1) is 23.7 Å². The van der Waals surface area contributed by atoms with Gasteiger partial charge in [0.2, 0.25) is 0 Å². The third-order valence-electron chi connectivity index (χ3n) is 3.30. The first kappa shape index (κ1) is 14.8. The molecular formula is C15H15N5O3. The molecule has 1 aromatic carbocycles. The summed E-state index contributed by atoms with van der Waals surface area (Å²) in [6.07, 6.45) is 1.47. The summed E-state index contributed by atoms with van der Waals surface area (Å²) < 4.78 is 5.46. The Kier molecular flexibility index (Phi) is 4.05. The van der Waals surface area contributed by atoms with E-state index in [2.05, 4.69) is 15.3 Å². The number of nitro groups is 1. The molecule has 0 atom stereocenters. The Labute approximate surface area is 132 Å². The smallest absolute Gasteiger partial charge is 0.363 e. The van der Waals surface area contributed by atoms with Crippen molar-refractivity contribution >= 4 is 28.9 Å². The van der Waals surface area contributed by atoms with Crippen molar-refractivity contribution < 1.29 is 9.66 Å². The number of benzene rings is 1. The minimum atomic E-state index is -0.521. The first-order chi connectivity index (χ1) is 11.2. The topological polar surface area (TPSA) is 92.9 Å². The number of anilines is 3. The first-order valence-corrected chi connectivity index (χ1v) is 7.10. The summed E-state index contributed by atoms with van der Waals surface area (Å²) in [5, 5.41) is 13.9. The number of rotatable bonds is 3. The highest BCUT2D eigenvalue weighted by atomic mass is 16.6. The van der Waals surface area contributed by atoms with Crippen LogP contribution in [0.3, 0.4) is 0 Å². The summed E-state index contributed by atoms with van der Waals surface area (Å²) in [5.41, 5.74) is 2.45. The standard InChI is InChI=1S/C15H15N5O3/c1-2-23-15-17-10-19(13-6-4-3-5-12(13)18-15)11-7-8-14(16-9-11)20(21)22/h3-9H,2,10H2,1H3,(H,17,18). The van der Waals surface area contributed by atoms with Gasteiger partial charge in [-0.2, -0.15) is 0 Å². The molecule has 2 aromatic rings. The van der Waals surface area contributed by atoms with Crippen LogP contribution in [0.15, 0.2) is 47.6 Å². The summed E-state index contributed by atoms with van der Waals surface area (Å²) in [6, 6.07) is 11.2. The van der Waals surface area contributed by atoms with Crippen molar-refractivity contribution in [3.8, 4) is 0 Å². The predicted molar refractivity (Wildman–Crippen MR) is 87.0 cm³/mol. The van der Waals surface area contributed by atoms with E-state index in [1.165, 1.54) is 12.3 Å². The second-order valence-electron chi connectivity index (χ2n) is 4.74. The van der Waals surface area contributed by atoms with Crippen molar-refractivity contribution in [2.75, 3.05) is 23.5 Å². The maximum atomic E-state index is 10.7. The fraction of sp³-hybridized carbons (Fsp3) is 0.200. The van der Waals surface area contributed by atoms with Gasteiger partial charge in [-0.15, -0.1) is 0 Å². The van der Waals surface area contributed by atoms with Gasteiger partial charge in [-0.25, -0.2) is 4.99 Å². The fourth-order valence-electron chi connectivity index (χ4n) is 2.27. The van der Waals surface area contributed by atoms with Crippen LogP contribution in [0, 0.1) is 10.1 Å². The number of hydrogen-bond donors (Lipinski definition) is 1. The quantitative estimate of drug-likeness (QED) is 0.692. The molecule has 23 heavy (non-hydrogen) atoms. The molecule has 0 bridgehead atoms. The lowest BCUT2D eigenvalue weighted by atomic mass is 10.2. The van der Waals surface area contributed by atoms with Gasteiger partial charge in [-0.1, -0.05) is 12.1 Å². The summed E-state index contributed by atoms with van der Waals surface area (Å²) in [4.78, 5) is 20.4.